The fraction of sp³-hybridized carbons (Fsp3) is 0.667. The van der Waals surface area contributed by atoms with Crippen molar-refractivity contribution in [2.75, 3.05) is 30.3 Å². The lowest BCUT2D eigenvalue weighted by Gasteiger charge is -2.33. The van der Waals surface area contributed by atoms with Gasteiger partial charge in [-0.3, -0.25) is 4.79 Å². The van der Waals surface area contributed by atoms with Crippen LogP contribution in [0.5, 0.6) is 0 Å². The van der Waals surface area contributed by atoms with Crippen LogP contribution < -0.4 is 10.6 Å². The van der Waals surface area contributed by atoms with E-state index in [0.29, 0.717) is 25.4 Å². The highest BCUT2D eigenvalue weighted by Crippen LogP contribution is 2.26. The van der Waals surface area contributed by atoms with Crippen LogP contribution in [0.15, 0.2) is 24.3 Å². The smallest absolute Gasteiger partial charge is 0.410 e. The minimum absolute atomic E-state index is 0.0392. The molecule has 2 aliphatic rings. The van der Waals surface area contributed by atoms with Crippen LogP contribution in [0.4, 0.5) is 16.2 Å². The fourth-order valence-electron chi connectivity index (χ4n) is 4.27. The Morgan fingerprint density at radius 2 is 1.57 bits per heavy atom. The van der Waals surface area contributed by atoms with E-state index in [0.717, 1.165) is 36.7 Å². The number of hydrogen-bond acceptors (Lipinski definition) is 4. The molecule has 30 heavy (non-hydrogen) atoms. The Morgan fingerprint density at radius 1 is 0.967 bits per heavy atom. The third kappa shape index (κ3) is 7.22. The van der Waals surface area contributed by atoms with Gasteiger partial charge >= 0.3 is 6.09 Å². The summed E-state index contributed by atoms with van der Waals surface area (Å²) in [6.45, 7) is 7.96. The molecule has 0 radical (unpaired) electrons. The number of amides is 2. The molecule has 2 amide bonds. The summed E-state index contributed by atoms with van der Waals surface area (Å²) in [6, 6.07) is 7.98. The summed E-state index contributed by atoms with van der Waals surface area (Å²) in [7, 11) is 0. The van der Waals surface area contributed by atoms with Gasteiger partial charge in [0.1, 0.15) is 5.60 Å². The van der Waals surface area contributed by atoms with Gasteiger partial charge in [-0.05, 0) is 82.6 Å². The van der Waals surface area contributed by atoms with Gasteiger partial charge in [0.05, 0.1) is 0 Å². The van der Waals surface area contributed by atoms with Crippen LogP contribution in [-0.4, -0.2) is 42.1 Å². The third-order valence-corrected chi connectivity index (χ3v) is 5.98. The van der Waals surface area contributed by atoms with Gasteiger partial charge in [-0.1, -0.05) is 12.8 Å². The molecule has 1 aromatic carbocycles. The number of hydrogen-bond donors (Lipinski definition) is 2. The highest BCUT2D eigenvalue weighted by Gasteiger charge is 2.27. The van der Waals surface area contributed by atoms with Crippen molar-refractivity contribution in [1.82, 2.24) is 4.90 Å². The van der Waals surface area contributed by atoms with Crippen LogP contribution in [0.3, 0.4) is 0 Å². The summed E-state index contributed by atoms with van der Waals surface area (Å²) in [5.74, 6) is 1.14. The van der Waals surface area contributed by atoms with Crippen molar-refractivity contribution in [2.45, 2.75) is 71.3 Å². The predicted molar refractivity (Wildman–Crippen MR) is 121 cm³/mol. The van der Waals surface area contributed by atoms with E-state index in [1.807, 2.05) is 45.0 Å². The van der Waals surface area contributed by atoms with E-state index >= 15 is 0 Å². The summed E-state index contributed by atoms with van der Waals surface area (Å²) in [4.78, 5) is 26.3. The maximum Gasteiger partial charge on any atom is 0.410 e. The minimum atomic E-state index is -0.477. The van der Waals surface area contributed by atoms with Crippen LogP contribution in [-0.2, 0) is 9.53 Å². The number of carbonyl (C=O) groups excluding carboxylic acids is 2. The zero-order valence-corrected chi connectivity index (χ0v) is 18.7. The molecule has 1 aliphatic heterocycles. The monoisotopic (exact) mass is 415 g/mol. The number of rotatable bonds is 6. The molecule has 1 heterocycles. The standard InChI is InChI=1S/C24H37N3O3/c1-24(2,3)30-23(29)27-14-12-18(13-15-27)16-22(28)26-21-10-8-20(9-11-21)25-17-19-6-4-5-7-19/h8-11,18-19,25H,4-7,12-17H2,1-3H3,(H,26,28). The van der Waals surface area contributed by atoms with E-state index in [-0.39, 0.29) is 12.0 Å². The zero-order valence-electron chi connectivity index (χ0n) is 18.7. The van der Waals surface area contributed by atoms with Gasteiger partial charge in [0.15, 0.2) is 0 Å². The highest BCUT2D eigenvalue weighted by atomic mass is 16.6. The highest BCUT2D eigenvalue weighted by molar-refractivity contribution is 5.91. The summed E-state index contributed by atoms with van der Waals surface area (Å²) < 4.78 is 5.43. The van der Waals surface area contributed by atoms with Crippen LogP contribution in [0, 0.1) is 11.8 Å². The lowest BCUT2D eigenvalue weighted by Crippen LogP contribution is -2.42. The van der Waals surface area contributed by atoms with Crippen LogP contribution >= 0.6 is 0 Å². The van der Waals surface area contributed by atoms with Gasteiger partial charge in [0, 0.05) is 37.4 Å². The lowest BCUT2D eigenvalue weighted by atomic mass is 9.93. The SMILES string of the molecule is CC(C)(C)OC(=O)N1CCC(CC(=O)Nc2ccc(NCC3CCCC3)cc2)CC1. The van der Waals surface area contributed by atoms with Gasteiger partial charge < -0.3 is 20.3 Å². The first-order chi connectivity index (χ1) is 14.3. The minimum Gasteiger partial charge on any atom is -0.444 e. The molecule has 166 valence electrons. The van der Waals surface area contributed by atoms with E-state index in [1.165, 1.54) is 25.7 Å². The largest absolute Gasteiger partial charge is 0.444 e. The van der Waals surface area contributed by atoms with Crippen molar-refractivity contribution >= 4 is 23.4 Å². The number of carbonyl (C=O) groups is 2. The van der Waals surface area contributed by atoms with E-state index < -0.39 is 5.60 Å². The summed E-state index contributed by atoms with van der Waals surface area (Å²) in [5, 5.41) is 6.51. The first-order valence-electron chi connectivity index (χ1n) is 11.4. The molecule has 1 saturated heterocycles. The molecule has 3 rings (SSSR count). The molecular weight excluding hydrogens is 378 g/mol. The van der Waals surface area contributed by atoms with E-state index in [9.17, 15) is 9.59 Å². The van der Waals surface area contributed by atoms with Gasteiger partial charge in [-0.2, -0.15) is 0 Å². The van der Waals surface area contributed by atoms with Crippen molar-refractivity contribution in [1.29, 1.82) is 0 Å². The molecule has 6 heteroatoms. The van der Waals surface area contributed by atoms with E-state index in [2.05, 4.69) is 10.6 Å². The molecule has 0 spiro atoms. The molecule has 0 aromatic heterocycles. The Kier molecular flexibility index (Phi) is 7.62. The number of piperidine rings is 1. The Hall–Kier alpha value is -2.24. The molecule has 1 saturated carbocycles. The number of nitrogens with zero attached hydrogens (tertiary/aromatic N) is 1. The van der Waals surface area contributed by atoms with Crippen molar-refractivity contribution in [3.63, 3.8) is 0 Å². The number of benzene rings is 1. The molecule has 6 nitrogen and oxygen atoms in total. The fourth-order valence-corrected chi connectivity index (χ4v) is 4.27. The Balaban J connectivity index is 1.37. The van der Waals surface area contributed by atoms with Crippen LogP contribution in [0.2, 0.25) is 0 Å². The molecule has 2 fully saturated rings. The maximum absolute atomic E-state index is 12.4. The van der Waals surface area contributed by atoms with Gasteiger partial charge in [0.25, 0.3) is 0 Å². The number of nitrogens with one attached hydrogen (secondary N) is 2. The van der Waals surface area contributed by atoms with E-state index in [1.54, 1.807) is 4.90 Å². The van der Waals surface area contributed by atoms with Crippen molar-refractivity contribution in [3.05, 3.63) is 24.3 Å². The molecule has 0 bridgehead atoms. The zero-order chi connectivity index (χ0) is 21.6. The molecule has 1 aromatic rings. The first kappa shape index (κ1) is 22.4. The normalized spacial score (nSPS) is 18.3. The maximum atomic E-state index is 12.4. The first-order valence-corrected chi connectivity index (χ1v) is 11.4. The second kappa shape index (κ2) is 10.2. The Bertz CT molecular complexity index is 697. The molecule has 2 N–H and O–H groups in total. The Labute approximate surface area is 180 Å². The molecule has 0 atom stereocenters. The predicted octanol–water partition coefficient (Wildman–Crippen LogP) is 5.26. The number of likely N-dealkylation sites (tertiary alicyclic amines) is 1. The topological polar surface area (TPSA) is 70.7 Å². The number of ether oxygens (including phenoxy) is 1. The quantitative estimate of drug-likeness (QED) is 0.664. The molecular formula is C24H37N3O3. The summed E-state index contributed by atoms with van der Waals surface area (Å²) >= 11 is 0. The second-order valence-electron chi connectivity index (χ2n) is 9.77. The summed E-state index contributed by atoms with van der Waals surface area (Å²) in [5.41, 5.74) is 1.46. The van der Waals surface area contributed by atoms with E-state index in [4.69, 9.17) is 4.74 Å². The number of anilines is 2. The second-order valence-corrected chi connectivity index (χ2v) is 9.77. The molecule has 1 aliphatic carbocycles. The molecule has 0 unspecified atom stereocenters. The van der Waals surface area contributed by atoms with Crippen LogP contribution in [0.25, 0.3) is 0 Å². The van der Waals surface area contributed by atoms with Crippen molar-refractivity contribution in [3.8, 4) is 0 Å². The van der Waals surface area contributed by atoms with Gasteiger partial charge in [-0.15, -0.1) is 0 Å². The van der Waals surface area contributed by atoms with Crippen molar-refractivity contribution < 1.29 is 14.3 Å². The lowest BCUT2D eigenvalue weighted by molar-refractivity contribution is -0.117. The van der Waals surface area contributed by atoms with Gasteiger partial charge in [0.2, 0.25) is 5.91 Å². The Morgan fingerprint density at radius 3 is 2.17 bits per heavy atom. The average Bonchev–Trinajstić information content (AvgIpc) is 3.20. The van der Waals surface area contributed by atoms with Crippen molar-refractivity contribution in [2.24, 2.45) is 11.8 Å². The summed E-state index contributed by atoms with van der Waals surface area (Å²) in [6.07, 6.45) is 7.27. The van der Waals surface area contributed by atoms with Gasteiger partial charge in [-0.25, -0.2) is 4.79 Å². The van der Waals surface area contributed by atoms with Crippen LogP contribution in [0.1, 0.15) is 65.7 Å². The third-order valence-electron chi connectivity index (χ3n) is 5.98. The average molecular weight is 416 g/mol.